The van der Waals surface area contributed by atoms with Crippen LogP contribution in [-0.2, 0) is 0 Å². The van der Waals surface area contributed by atoms with Gasteiger partial charge in [-0.1, -0.05) is 56.3 Å². The third kappa shape index (κ3) is 4.80. The van der Waals surface area contributed by atoms with Gasteiger partial charge in [0.15, 0.2) is 0 Å². The summed E-state index contributed by atoms with van der Waals surface area (Å²) < 4.78 is 0. The summed E-state index contributed by atoms with van der Waals surface area (Å²) in [6, 6.07) is 15.1. The zero-order valence-electron chi connectivity index (χ0n) is 13.0. The summed E-state index contributed by atoms with van der Waals surface area (Å²) in [5.41, 5.74) is 2.53. The molecule has 0 aliphatic carbocycles. The molecule has 0 N–H and O–H groups in total. The van der Waals surface area contributed by atoms with Crippen LogP contribution in [0.1, 0.15) is 51.0 Å². The van der Waals surface area contributed by atoms with Crippen LogP contribution < -0.4 is 0 Å². The van der Waals surface area contributed by atoms with E-state index in [1.807, 2.05) is 0 Å². The standard InChI is InChI=1S/C21H24/c1-3-4-5-6-7-8-9-12-18(2)20-16-15-19-13-10-11-14-21(19)17-20/h10-11,13-17H,2-3,6-9,12H2,1H3. The highest BCUT2D eigenvalue weighted by Crippen LogP contribution is 2.23. The van der Waals surface area contributed by atoms with Crippen LogP contribution >= 0.6 is 0 Å². The van der Waals surface area contributed by atoms with Crippen LogP contribution in [0.3, 0.4) is 0 Å². The molecule has 21 heavy (non-hydrogen) atoms. The van der Waals surface area contributed by atoms with Gasteiger partial charge < -0.3 is 0 Å². The van der Waals surface area contributed by atoms with Gasteiger partial charge >= 0.3 is 0 Å². The maximum atomic E-state index is 4.25. The number of unbranched alkanes of at least 4 members (excludes halogenated alkanes) is 3. The summed E-state index contributed by atoms with van der Waals surface area (Å²) in [7, 11) is 0. The lowest BCUT2D eigenvalue weighted by molar-refractivity contribution is 0.707. The fourth-order valence-electron chi connectivity index (χ4n) is 2.50. The molecule has 0 saturated heterocycles. The molecule has 0 aliphatic heterocycles. The van der Waals surface area contributed by atoms with Gasteiger partial charge in [-0.25, -0.2) is 0 Å². The van der Waals surface area contributed by atoms with Crippen LogP contribution in [0, 0.1) is 11.8 Å². The maximum Gasteiger partial charge on any atom is 0.00886 e. The second-order valence-corrected chi connectivity index (χ2v) is 5.43. The van der Waals surface area contributed by atoms with Crippen molar-refractivity contribution in [1.82, 2.24) is 0 Å². The van der Waals surface area contributed by atoms with Gasteiger partial charge in [-0.05, 0) is 47.2 Å². The fourth-order valence-corrected chi connectivity index (χ4v) is 2.50. The van der Waals surface area contributed by atoms with Crippen molar-refractivity contribution in [2.75, 3.05) is 0 Å². The van der Waals surface area contributed by atoms with E-state index in [-0.39, 0.29) is 0 Å². The van der Waals surface area contributed by atoms with Crippen LogP contribution in [-0.4, -0.2) is 0 Å². The Morgan fingerprint density at radius 2 is 1.76 bits per heavy atom. The summed E-state index contributed by atoms with van der Waals surface area (Å²) in [6.07, 6.45) is 6.75. The Balaban J connectivity index is 1.82. The highest BCUT2D eigenvalue weighted by Gasteiger charge is 2.01. The summed E-state index contributed by atoms with van der Waals surface area (Å²) >= 11 is 0. The lowest BCUT2D eigenvalue weighted by atomic mass is 9.98. The second-order valence-electron chi connectivity index (χ2n) is 5.43. The monoisotopic (exact) mass is 276 g/mol. The van der Waals surface area contributed by atoms with E-state index in [4.69, 9.17) is 0 Å². The lowest BCUT2D eigenvalue weighted by Gasteiger charge is -2.07. The van der Waals surface area contributed by atoms with Gasteiger partial charge in [0.25, 0.3) is 0 Å². The van der Waals surface area contributed by atoms with Crippen molar-refractivity contribution >= 4 is 16.3 Å². The summed E-state index contributed by atoms with van der Waals surface area (Å²) in [4.78, 5) is 0. The number of rotatable bonds is 6. The first-order chi connectivity index (χ1) is 10.3. The SMILES string of the molecule is C=C(CCCCCC#CCC)c1ccc2ccccc2c1. The molecule has 0 radical (unpaired) electrons. The summed E-state index contributed by atoms with van der Waals surface area (Å²) in [6.45, 7) is 6.35. The lowest BCUT2D eigenvalue weighted by Crippen LogP contribution is -1.85. The minimum atomic E-state index is 0.971. The largest absolute Gasteiger partial charge is 0.104 e. The first kappa shape index (κ1) is 15.4. The summed E-state index contributed by atoms with van der Waals surface area (Å²) in [5, 5.41) is 2.59. The Morgan fingerprint density at radius 3 is 2.57 bits per heavy atom. The van der Waals surface area contributed by atoms with E-state index in [9.17, 15) is 0 Å². The van der Waals surface area contributed by atoms with Gasteiger partial charge in [0.1, 0.15) is 0 Å². The van der Waals surface area contributed by atoms with Crippen molar-refractivity contribution < 1.29 is 0 Å². The van der Waals surface area contributed by atoms with Gasteiger partial charge in [0, 0.05) is 12.8 Å². The zero-order valence-corrected chi connectivity index (χ0v) is 13.0. The number of benzene rings is 2. The van der Waals surface area contributed by atoms with E-state index < -0.39 is 0 Å². The van der Waals surface area contributed by atoms with E-state index in [1.54, 1.807) is 0 Å². The Bertz CT molecular complexity index is 652. The third-order valence-corrected chi connectivity index (χ3v) is 3.74. The van der Waals surface area contributed by atoms with Gasteiger partial charge in [0.2, 0.25) is 0 Å². The van der Waals surface area contributed by atoms with Gasteiger partial charge in [-0.3, -0.25) is 0 Å². The highest BCUT2D eigenvalue weighted by molar-refractivity contribution is 5.86. The van der Waals surface area contributed by atoms with E-state index >= 15 is 0 Å². The van der Waals surface area contributed by atoms with Crippen LogP contribution in [0.4, 0.5) is 0 Å². The summed E-state index contributed by atoms with van der Waals surface area (Å²) in [5.74, 6) is 6.33. The average Bonchev–Trinajstić information content (AvgIpc) is 2.53. The topological polar surface area (TPSA) is 0 Å². The van der Waals surface area contributed by atoms with Crippen LogP contribution in [0.25, 0.3) is 16.3 Å². The molecule has 0 spiro atoms. The number of hydrogen-bond donors (Lipinski definition) is 0. The van der Waals surface area contributed by atoms with Crippen molar-refractivity contribution in [1.29, 1.82) is 0 Å². The van der Waals surface area contributed by atoms with E-state index in [2.05, 4.69) is 67.8 Å². The predicted octanol–water partition coefficient (Wildman–Crippen LogP) is 6.22. The molecule has 2 aromatic carbocycles. The molecule has 0 bridgehead atoms. The molecular formula is C21H24. The van der Waals surface area contributed by atoms with E-state index in [0.29, 0.717) is 0 Å². The number of allylic oxidation sites excluding steroid dienone is 1. The van der Waals surface area contributed by atoms with Crippen molar-refractivity contribution in [2.45, 2.75) is 45.4 Å². The second kappa shape index (κ2) is 8.32. The Labute approximate surface area is 128 Å². The molecule has 0 aliphatic rings. The molecule has 2 aromatic rings. The molecular weight excluding hydrogens is 252 g/mol. The van der Waals surface area contributed by atoms with E-state index in [1.165, 1.54) is 41.2 Å². The van der Waals surface area contributed by atoms with Crippen molar-refractivity contribution in [2.24, 2.45) is 0 Å². The quantitative estimate of drug-likeness (QED) is 0.434. The minimum Gasteiger partial charge on any atom is -0.104 e. The molecule has 0 unspecified atom stereocenters. The molecule has 108 valence electrons. The molecule has 0 heteroatoms. The van der Waals surface area contributed by atoms with Crippen LogP contribution in [0.15, 0.2) is 49.0 Å². The number of fused-ring (bicyclic) bond motifs is 1. The normalized spacial score (nSPS) is 10.1. The molecule has 0 fully saturated rings. The Morgan fingerprint density at radius 1 is 0.952 bits per heavy atom. The Hall–Kier alpha value is -2.00. The maximum absolute atomic E-state index is 4.25. The van der Waals surface area contributed by atoms with Gasteiger partial charge in [-0.2, -0.15) is 0 Å². The molecule has 0 aromatic heterocycles. The zero-order chi connectivity index (χ0) is 14.9. The van der Waals surface area contributed by atoms with Crippen molar-refractivity contribution in [3.8, 4) is 11.8 Å². The molecule has 0 saturated carbocycles. The number of hydrogen-bond acceptors (Lipinski definition) is 0. The van der Waals surface area contributed by atoms with Crippen molar-refractivity contribution in [3.63, 3.8) is 0 Å². The van der Waals surface area contributed by atoms with Crippen molar-refractivity contribution in [3.05, 3.63) is 54.6 Å². The van der Waals surface area contributed by atoms with Gasteiger partial charge in [-0.15, -0.1) is 11.8 Å². The third-order valence-electron chi connectivity index (χ3n) is 3.74. The molecule has 0 atom stereocenters. The Kier molecular flexibility index (Phi) is 6.10. The fraction of sp³-hybridized carbons (Fsp3) is 0.333. The predicted molar refractivity (Wildman–Crippen MR) is 94.1 cm³/mol. The molecule has 0 amide bonds. The van der Waals surface area contributed by atoms with Crippen LogP contribution in [0.5, 0.6) is 0 Å². The first-order valence-electron chi connectivity index (χ1n) is 7.94. The average molecular weight is 276 g/mol. The smallest absolute Gasteiger partial charge is 0.00886 e. The van der Waals surface area contributed by atoms with E-state index in [0.717, 1.165) is 19.3 Å². The van der Waals surface area contributed by atoms with Gasteiger partial charge in [0.05, 0.1) is 0 Å². The first-order valence-corrected chi connectivity index (χ1v) is 7.94. The molecule has 0 nitrogen and oxygen atoms in total. The molecule has 0 heterocycles. The highest BCUT2D eigenvalue weighted by atomic mass is 14.1. The molecule has 2 rings (SSSR count). The van der Waals surface area contributed by atoms with Crippen LogP contribution in [0.2, 0.25) is 0 Å². The minimum absolute atomic E-state index is 0.971.